The molecule has 3 N–H and O–H groups in total. The lowest BCUT2D eigenvalue weighted by atomic mass is 10.5. The number of carbonyl (C=O) groups excluding carboxylic acids is 2. The summed E-state index contributed by atoms with van der Waals surface area (Å²) < 4.78 is 0. The first kappa shape index (κ1) is 8.12. The summed E-state index contributed by atoms with van der Waals surface area (Å²) in [5, 5.41) is 1.83. The Bertz CT molecular complexity index is 298. The van der Waals surface area contributed by atoms with E-state index in [0.717, 1.165) is 0 Å². The van der Waals surface area contributed by atoms with Crippen molar-refractivity contribution >= 4 is 11.9 Å². The number of nitrogens with one attached hydrogen (secondary N) is 1. The number of carbonyl (C=O) groups is 2. The SMILES string of the molecule is NC(=O)NC(=O)c1ncccn1. The summed E-state index contributed by atoms with van der Waals surface area (Å²) >= 11 is 0. The monoisotopic (exact) mass is 166 g/mol. The summed E-state index contributed by atoms with van der Waals surface area (Å²) in [4.78, 5) is 28.3. The van der Waals surface area contributed by atoms with Gasteiger partial charge in [0.2, 0.25) is 5.82 Å². The maximum atomic E-state index is 10.9. The fraction of sp³-hybridized carbons (Fsp3) is 0. The number of nitrogens with zero attached hydrogens (tertiary/aromatic N) is 2. The van der Waals surface area contributed by atoms with Gasteiger partial charge >= 0.3 is 6.03 Å². The minimum absolute atomic E-state index is 0.0868. The van der Waals surface area contributed by atoms with Gasteiger partial charge < -0.3 is 5.73 Å². The third-order valence-corrected chi connectivity index (χ3v) is 1.01. The second-order valence-electron chi connectivity index (χ2n) is 1.89. The molecule has 6 nitrogen and oxygen atoms in total. The molecule has 1 aromatic rings. The molecule has 0 aliphatic rings. The van der Waals surface area contributed by atoms with Gasteiger partial charge in [-0.15, -0.1) is 0 Å². The lowest BCUT2D eigenvalue weighted by Crippen LogP contribution is -2.35. The van der Waals surface area contributed by atoms with Gasteiger partial charge in [-0.05, 0) is 6.07 Å². The van der Waals surface area contributed by atoms with Crippen LogP contribution in [0, 0.1) is 0 Å². The molecule has 0 saturated heterocycles. The Hall–Kier alpha value is -1.98. The Labute approximate surface area is 67.8 Å². The van der Waals surface area contributed by atoms with E-state index in [0.29, 0.717) is 0 Å². The molecule has 62 valence electrons. The molecule has 0 bridgehead atoms. The lowest BCUT2D eigenvalue weighted by molar-refractivity contribution is 0.0956. The molecule has 3 amide bonds. The number of hydrogen-bond donors (Lipinski definition) is 2. The molecule has 0 aliphatic carbocycles. The number of nitrogens with two attached hydrogens (primary N) is 1. The predicted octanol–water partition coefficient (Wildman–Crippen LogP) is -0.715. The number of aromatic nitrogens is 2. The van der Waals surface area contributed by atoms with Crippen molar-refractivity contribution in [2.45, 2.75) is 0 Å². The fourth-order valence-corrected chi connectivity index (χ4v) is 0.584. The van der Waals surface area contributed by atoms with E-state index in [2.05, 4.69) is 9.97 Å². The zero-order chi connectivity index (χ0) is 8.97. The molecule has 0 atom stereocenters. The van der Waals surface area contributed by atoms with Gasteiger partial charge in [0.25, 0.3) is 5.91 Å². The van der Waals surface area contributed by atoms with E-state index in [1.54, 1.807) is 6.07 Å². The molecule has 0 spiro atoms. The van der Waals surface area contributed by atoms with E-state index in [1.807, 2.05) is 5.32 Å². The number of primary amides is 1. The quantitative estimate of drug-likeness (QED) is 0.575. The summed E-state index contributed by atoms with van der Waals surface area (Å²) in [7, 11) is 0. The van der Waals surface area contributed by atoms with Crippen LogP contribution in [-0.2, 0) is 0 Å². The number of imide groups is 1. The van der Waals surface area contributed by atoms with Crippen LogP contribution in [0.25, 0.3) is 0 Å². The first-order chi connectivity index (χ1) is 5.70. The summed E-state index contributed by atoms with van der Waals surface area (Å²) in [5.74, 6) is -0.792. The molecule has 0 unspecified atom stereocenters. The average molecular weight is 166 g/mol. The summed E-state index contributed by atoms with van der Waals surface area (Å²) in [6.45, 7) is 0. The summed E-state index contributed by atoms with van der Waals surface area (Å²) in [5.41, 5.74) is 4.70. The topological polar surface area (TPSA) is 98.0 Å². The highest BCUT2D eigenvalue weighted by Crippen LogP contribution is 1.85. The second-order valence-corrected chi connectivity index (χ2v) is 1.89. The average Bonchev–Trinajstić information content (AvgIpc) is 2.05. The lowest BCUT2D eigenvalue weighted by Gasteiger charge is -1.96. The Morgan fingerprint density at radius 1 is 1.33 bits per heavy atom. The van der Waals surface area contributed by atoms with Crippen LogP contribution in [0.3, 0.4) is 0 Å². The van der Waals surface area contributed by atoms with Crippen LogP contribution in [0.2, 0.25) is 0 Å². The van der Waals surface area contributed by atoms with E-state index in [4.69, 9.17) is 5.73 Å². The van der Waals surface area contributed by atoms with Crippen LogP contribution < -0.4 is 11.1 Å². The van der Waals surface area contributed by atoms with Gasteiger partial charge in [0.15, 0.2) is 0 Å². The molecular formula is C6H6N4O2. The van der Waals surface area contributed by atoms with Gasteiger partial charge in [0.05, 0.1) is 0 Å². The minimum Gasteiger partial charge on any atom is -0.351 e. The zero-order valence-corrected chi connectivity index (χ0v) is 6.02. The molecule has 6 heteroatoms. The van der Waals surface area contributed by atoms with Gasteiger partial charge in [-0.1, -0.05) is 0 Å². The molecule has 0 radical (unpaired) electrons. The number of rotatable bonds is 1. The summed E-state index contributed by atoms with van der Waals surface area (Å²) in [6, 6.07) is 0.633. The maximum Gasteiger partial charge on any atom is 0.319 e. The van der Waals surface area contributed by atoms with Crippen molar-refractivity contribution in [1.29, 1.82) is 0 Å². The van der Waals surface area contributed by atoms with Crippen molar-refractivity contribution in [3.05, 3.63) is 24.3 Å². The third kappa shape index (κ3) is 2.01. The van der Waals surface area contributed by atoms with Crippen molar-refractivity contribution in [2.75, 3.05) is 0 Å². The minimum atomic E-state index is -0.924. The first-order valence-electron chi connectivity index (χ1n) is 3.08. The van der Waals surface area contributed by atoms with Crippen molar-refractivity contribution < 1.29 is 9.59 Å². The zero-order valence-electron chi connectivity index (χ0n) is 6.02. The fourth-order valence-electron chi connectivity index (χ4n) is 0.584. The molecule has 0 aromatic carbocycles. The van der Waals surface area contributed by atoms with Crippen LogP contribution in [0.4, 0.5) is 4.79 Å². The van der Waals surface area contributed by atoms with Crippen LogP contribution in [-0.4, -0.2) is 21.9 Å². The van der Waals surface area contributed by atoms with Gasteiger partial charge in [0.1, 0.15) is 0 Å². The van der Waals surface area contributed by atoms with Gasteiger partial charge in [-0.3, -0.25) is 10.1 Å². The third-order valence-electron chi connectivity index (χ3n) is 1.01. The normalized spacial score (nSPS) is 9.00. The number of amides is 3. The largest absolute Gasteiger partial charge is 0.351 e. The molecule has 0 aliphatic heterocycles. The summed E-state index contributed by atoms with van der Waals surface area (Å²) in [6.07, 6.45) is 2.78. The molecule has 0 fully saturated rings. The molecule has 1 aromatic heterocycles. The van der Waals surface area contributed by atoms with E-state index in [1.165, 1.54) is 12.4 Å². The van der Waals surface area contributed by atoms with Gasteiger partial charge in [0, 0.05) is 12.4 Å². The van der Waals surface area contributed by atoms with Crippen LogP contribution in [0.5, 0.6) is 0 Å². The molecule has 0 saturated carbocycles. The highest BCUT2D eigenvalue weighted by molar-refractivity contribution is 6.01. The Balaban J connectivity index is 2.73. The van der Waals surface area contributed by atoms with E-state index < -0.39 is 11.9 Å². The Kier molecular flexibility index (Phi) is 2.32. The second kappa shape index (κ2) is 3.42. The first-order valence-corrected chi connectivity index (χ1v) is 3.08. The Morgan fingerprint density at radius 2 is 1.92 bits per heavy atom. The van der Waals surface area contributed by atoms with Crippen molar-refractivity contribution in [3.63, 3.8) is 0 Å². The number of urea groups is 1. The van der Waals surface area contributed by atoms with E-state index in [9.17, 15) is 9.59 Å². The maximum absolute atomic E-state index is 10.9. The standard InChI is InChI=1S/C6H6N4O2/c7-6(12)10-5(11)4-8-2-1-3-9-4/h1-3H,(H3,7,10,11,12). The Morgan fingerprint density at radius 3 is 2.42 bits per heavy atom. The van der Waals surface area contributed by atoms with Crippen LogP contribution >= 0.6 is 0 Å². The van der Waals surface area contributed by atoms with Crippen LogP contribution in [0.15, 0.2) is 18.5 Å². The molecular weight excluding hydrogens is 160 g/mol. The number of hydrogen-bond acceptors (Lipinski definition) is 4. The molecule has 1 rings (SSSR count). The van der Waals surface area contributed by atoms with E-state index in [-0.39, 0.29) is 5.82 Å². The van der Waals surface area contributed by atoms with Crippen molar-refractivity contribution in [2.24, 2.45) is 5.73 Å². The van der Waals surface area contributed by atoms with Gasteiger partial charge in [-0.25, -0.2) is 14.8 Å². The highest BCUT2D eigenvalue weighted by atomic mass is 16.2. The van der Waals surface area contributed by atoms with Crippen LogP contribution in [0.1, 0.15) is 10.6 Å². The van der Waals surface area contributed by atoms with Crippen molar-refractivity contribution in [1.82, 2.24) is 15.3 Å². The van der Waals surface area contributed by atoms with Crippen molar-refractivity contribution in [3.8, 4) is 0 Å². The molecule has 12 heavy (non-hydrogen) atoms. The predicted molar refractivity (Wildman–Crippen MR) is 39.1 cm³/mol. The highest BCUT2D eigenvalue weighted by Gasteiger charge is 2.08. The van der Waals surface area contributed by atoms with E-state index >= 15 is 0 Å². The molecule has 1 heterocycles. The smallest absolute Gasteiger partial charge is 0.319 e. The van der Waals surface area contributed by atoms with Gasteiger partial charge in [-0.2, -0.15) is 0 Å².